The Morgan fingerprint density at radius 2 is 1.90 bits per heavy atom. The molecular weight excluding hydrogens is 274 g/mol. The van der Waals surface area contributed by atoms with Gasteiger partial charge in [-0.2, -0.15) is 0 Å². The van der Waals surface area contributed by atoms with Gasteiger partial charge < -0.3 is 21.7 Å². The number of nitrogens with two attached hydrogens (primary N) is 2. The maximum atomic E-state index is 10.5. The smallest absolute Gasteiger partial charge is 0.217 e. The number of amides is 1. The molecule has 0 fully saturated rings. The van der Waals surface area contributed by atoms with Crippen LogP contribution >= 0.6 is 0 Å². The van der Waals surface area contributed by atoms with Crippen LogP contribution in [0.5, 0.6) is 0 Å². The predicted octanol–water partition coefficient (Wildman–Crippen LogP) is -0.712. The number of aryl methyl sites for hydroxylation is 1. The van der Waals surface area contributed by atoms with Crippen molar-refractivity contribution in [1.29, 1.82) is 0 Å². The number of hydrogen-bond donors (Lipinski definition) is 4. The first-order valence-electron chi connectivity index (χ1n) is 7.12. The zero-order valence-electron chi connectivity index (χ0n) is 13.2. The van der Waals surface area contributed by atoms with Crippen molar-refractivity contribution in [3.05, 3.63) is 11.9 Å². The number of aliphatic hydroxyl groups is 2. The van der Waals surface area contributed by atoms with Crippen LogP contribution in [0.1, 0.15) is 32.4 Å². The molecule has 0 aliphatic rings. The van der Waals surface area contributed by atoms with E-state index >= 15 is 0 Å². The van der Waals surface area contributed by atoms with E-state index in [2.05, 4.69) is 16.0 Å². The number of carbonyl (C=O) groups is 1. The second kappa shape index (κ2) is 14.9. The molecule has 6 N–H and O–H groups in total. The Hall–Kier alpha value is -1.51. The van der Waals surface area contributed by atoms with Gasteiger partial charge in [-0.1, -0.05) is 19.1 Å². The van der Waals surface area contributed by atoms with Crippen LogP contribution in [0.3, 0.4) is 0 Å². The van der Waals surface area contributed by atoms with E-state index in [1.54, 1.807) is 10.9 Å². The third kappa shape index (κ3) is 10.9. The molecule has 0 radical (unpaired) electrons. The number of nitrogens with zero attached hydrogens (tertiary/aromatic N) is 3. The molecule has 0 bridgehead atoms. The van der Waals surface area contributed by atoms with Gasteiger partial charge in [0.2, 0.25) is 5.91 Å². The maximum Gasteiger partial charge on any atom is 0.217 e. The number of aliphatic hydroxyl groups excluding tert-OH is 2. The second-order valence-electron chi connectivity index (χ2n) is 3.98. The monoisotopic (exact) mass is 303 g/mol. The molecule has 1 heterocycles. The van der Waals surface area contributed by atoms with Crippen molar-refractivity contribution in [2.75, 3.05) is 20.3 Å². The van der Waals surface area contributed by atoms with Crippen LogP contribution in [-0.4, -0.2) is 51.4 Å². The molecule has 1 aromatic rings. The van der Waals surface area contributed by atoms with Crippen molar-refractivity contribution < 1.29 is 15.0 Å². The Morgan fingerprint density at radius 1 is 1.33 bits per heavy atom. The fraction of sp³-hybridized carbons (Fsp3) is 0.769. The van der Waals surface area contributed by atoms with E-state index in [4.69, 9.17) is 15.9 Å². The molecule has 0 unspecified atom stereocenters. The molecule has 124 valence electrons. The Morgan fingerprint density at radius 3 is 2.38 bits per heavy atom. The van der Waals surface area contributed by atoms with Gasteiger partial charge in [0.25, 0.3) is 0 Å². The van der Waals surface area contributed by atoms with Crippen molar-refractivity contribution in [1.82, 2.24) is 15.0 Å². The minimum atomic E-state index is -0.321. The summed E-state index contributed by atoms with van der Waals surface area (Å²) < 4.78 is 1.58. The van der Waals surface area contributed by atoms with Crippen molar-refractivity contribution in [3.8, 4) is 0 Å². The predicted molar refractivity (Wildman–Crippen MR) is 81.3 cm³/mol. The molecule has 0 atom stereocenters. The molecule has 0 aromatic carbocycles. The van der Waals surface area contributed by atoms with Crippen molar-refractivity contribution in [3.63, 3.8) is 0 Å². The molecule has 1 rings (SSSR count). The fourth-order valence-electron chi connectivity index (χ4n) is 1.42. The van der Waals surface area contributed by atoms with E-state index in [1.807, 2.05) is 13.8 Å². The summed E-state index contributed by atoms with van der Waals surface area (Å²) in [4.78, 5) is 10.5. The molecule has 0 aliphatic heterocycles. The van der Waals surface area contributed by atoms with Crippen LogP contribution in [0.4, 0.5) is 0 Å². The summed E-state index contributed by atoms with van der Waals surface area (Å²) in [5.41, 5.74) is 10.3. The minimum absolute atomic E-state index is 0.0899. The lowest BCUT2D eigenvalue weighted by molar-refractivity contribution is -0.118. The molecule has 0 saturated carbocycles. The van der Waals surface area contributed by atoms with Gasteiger partial charge in [0.15, 0.2) is 0 Å². The van der Waals surface area contributed by atoms with Gasteiger partial charge in [-0.25, -0.2) is 0 Å². The molecule has 1 aromatic heterocycles. The van der Waals surface area contributed by atoms with Crippen molar-refractivity contribution >= 4 is 5.91 Å². The highest BCUT2D eigenvalue weighted by Gasteiger charge is 2.09. The van der Waals surface area contributed by atoms with Crippen LogP contribution in [0.25, 0.3) is 0 Å². The topological polar surface area (TPSA) is 140 Å². The first-order valence-corrected chi connectivity index (χ1v) is 7.12. The zero-order chi connectivity index (χ0) is 16.7. The van der Waals surface area contributed by atoms with E-state index in [-0.39, 0.29) is 25.0 Å². The molecular formula is C13H29N5O3. The number of primary amides is 1. The summed E-state index contributed by atoms with van der Waals surface area (Å²) >= 11 is 0. The summed E-state index contributed by atoms with van der Waals surface area (Å²) in [6, 6.07) is 0. The average molecular weight is 303 g/mol. The fourth-order valence-corrected chi connectivity index (χ4v) is 1.42. The summed E-state index contributed by atoms with van der Waals surface area (Å²) in [5, 5.41) is 25.7. The first kappa shape index (κ1) is 21.8. The summed E-state index contributed by atoms with van der Waals surface area (Å²) in [7, 11) is 1.50. The van der Waals surface area contributed by atoms with Gasteiger partial charge in [0, 0.05) is 38.3 Å². The van der Waals surface area contributed by atoms with Gasteiger partial charge in [-0.05, 0) is 19.9 Å². The summed E-state index contributed by atoms with van der Waals surface area (Å²) in [5.74, 6) is -0.548. The maximum absolute atomic E-state index is 10.5. The van der Waals surface area contributed by atoms with Crippen LogP contribution in [0, 0.1) is 5.92 Å². The second-order valence-corrected chi connectivity index (χ2v) is 3.98. The lowest BCUT2D eigenvalue weighted by Gasteiger charge is -2.09. The third-order valence-corrected chi connectivity index (χ3v) is 2.40. The van der Waals surface area contributed by atoms with Gasteiger partial charge in [-0.15, -0.1) is 5.10 Å². The average Bonchev–Trinajstić information content (AvgIpc) is 2.96. The number of rotatable bonds is 8. The summed E-state index contributed by atoms with van der Waals surface area (Å²) in [6.45, 7) is 4.25. The molecule has 0 aliphatic carbocycles. The van der Waals surface area contributed by atoms with E-state index in [0.717, 1.165) is 5.69 Å². The molecule has 21 heavy (non-hydrogen) atoms. The normalized spacial score (nSPS) is 9.48. The third-order valence-electron chi connectivity index (χ3n) is 2.40. The Bertz CT molecular complexity index is 353. The molecule has 1 amide bonds. The number of carbonyl (C=O) groups excluding carboxylic acids is 1. The lowest BCUT2D eigenvalue weighted by Crippen LogP contribution is -2.18. The first-order chi connectivity index (χ1) is 10.2. The van der Waals surface area contributed by atoms with Gasteiger partial charge in [-0.3, -0.25) is 9.48 Å². The largest absolute Gasteiger partial charge is 0.396 e. The highest BCUT2D eigenvalue weighted by molar-refractivity contribution is 5.73. The zero-order valence-corrected chi connectivity index (χ0v) is 13.2. The van der Waals surface area contributed by atoms with E-state index in [9.17, 15) is 4.79 Å². The van der Waals surface area contributed by atoms with Gasteiger partial charge in [0.1, 0.15) is 0 Å². The van der Waals surface area contributed by atoms with Crippen molar-refractivity contribution in [2.45, 2.75) is 39.7 Å². The minimum Gasteiger partial charge on any atom is -0.396 e. The lowest BCUT2D eigenvalue weighted by atomic mass is 10.2. The van der Waals surface area contributed by atoms with Gasteiger partial charge in [0.05, 0.1) is 5.69 Å². The van der Waals surface area contributed by atoms with Gasteiger partial charge >= 0.3 is 0 Å². The Balaban J connectivity index is 0. The van der Waals surface area contributed by atoms with Crippen LogP contribution in [0.2, 0.25) is 0 Å². The van der Waals surface area contributed by atoms with E-state index in [1.165, 1.54) is 7.05 Å². The SMILES string of the molecule is CC.CN.NC(=O)CCCc1cn(CC(CO)CO)nn1. The van der Waals surface area contributed by atoms with Crippen LogP contribution in [-0.2, 0) is 17.8 Å². The quantitative estimate of drug-likeness (QED) is 0.500. The van der Waals surface area contributed by atoms with E-state index in [0.29, 0.717) is 25.8 Å². The molecule has 8 heteroatoms. The molecule has 0 saturated heterocycles. The standard InChI is InChI=1S/C10H18N4O3.C2H6.CH5N/c11-10(17)3-1-2-9-5-14(13-12-9)4-8(6-15)7-16;2*1-2/h5,8,15-16H,1-4,6-7H2,(H2,11,17);1-2H3;2H2,1H3. The molecule has 0 spiro atoms. The van der Waals surface area contributed by atoms with Crippen LogP contribution < -0.4 is 11.5 Å². The van der Waals surface area contributed by atoms with Crippen LogP contribution in [0.15, 0.2) is 6.20 Å². The highest BCUT2D eigenvalue weighted by atomic mass is 16.3. The summed E-state index contributed by atoms with van der Waals surface area (Å²) in [6.07, 6.45) is 3.38. The molecule has 8 nitrogen and oxygen atoms in total. The van der Waals surface area contributed by atoms with E-state index < -0.39 is 0 Å². The number of aromatic nitrogens is 3. The Kier molecular flexibility index (Phi) is 15.4. The Labute approximate surface area is 126 Å². The van der Waals surface area contributed by atoms with Crippen molar-refractivity contribution in [2.24, 2.45) is 17.4 Å². The highest BCUT2D eigenvalue weighted by Crippen LogP contribution is 2.03. The number of hydrogen-bond acceptors (Lipinski definition) is 6.